The first-order valence-corrected chi connectivity index (χ1v) is 10.2. The Bertz CT molecular complexity index is 912. The van der Waals surface area contributed by atoms with Crippen molar-refractivity contribution in [1.29, 1.82) is 0 Å². The molecule has 0 aliphatic heterocycles. The fourth-order valence-corrected chi connectivity index (χ4v) is 3.76. The van der Waals surface area contributed by atoms with Crippen LogP contribution in [0.5, 0.6) is 5.75 Å². The third-order valence-electron chi connectivity index (χ3n) is 4.03. The van der Waals surface area contributed by atoms with E-state index in [1.807, 2.05) is 66.2 Å². The zero-order valence-corrected chi connectivity index (χ0v) is 17.5. The molecule has 0 spiro atoms. The van der Waals surface area contributed by atoms with Gasteiger partial charge in [-0.05, 0) is 37.3 Å². The molecule has 3 aromatic rings. The topological polar surface area (TPSA) is 56.1 Å². The number of halogens is 1. The molecule has 3 rings (SSSR count). The zero-order chi connectivity index (χ0) is 19.2. The number of methoxy groups -OCH3 is 1. The average molecular weight is 446 g/mol. The van der Waals surface area contributed by atoms with Crippen LogP contribution in [0.1, 0.15) is 18.5 Å². The zero-order valence-electron chi connectivity index (χ0n) is 15.1. The van der Waals surface area contributed by atoms with Crippen molar-refractivity contribution in [3.05, 3.63) is 71.0 Å². The van der Waals surface area contributed by atoms with Crippen molar-refractivity contribution in [2.45, 2.75) is 18.1 Å². The standard InChI is InChI=1S/C20H20BrN3O2S/c1-14(17-5-3-4-6-18(17)26-2)23-19(25)13-27-20-22-11-12-24(20)16-9-7-15(21)8-10-16/h3-12,14H,13H2,1-2H3,(H,23,25). The summed E-state index contributed by atoms with van der Waals surface area (Å²) in [6.45, 7) is 1.95. The number of hydrogen-bond acceptors (Lipinski definition) is 4. The number of aromatic nitrogens is 2. The number of hydrogen-bond donors (Lipinski definition) is 1. The lowest BCUT2D eigenvalue weighted by atomic mass is 10.1. The van der Waals surface area contributed by atoms with E-state index in [2.05, 4.69) is 26.2 Å². The molecule has 0 radical (unpaired) electrons. The van der Waals surface area contributed by atoms with Crippen LogP contribution in [-0.4, -0.2) is 28.3 Å². The predicted molar refractivity (Wildman–Crippen MR) is 112 cm³/mol. The van der Waals surface area contributed by atoms with E-state index in [0.29, 0.717) is 0 Å². The largest absolute Gasteiger partial charge is 0.496 e. The molecule has 5 nitrogen and oxygen atoms in total. The van der Waals surface area contributed by atoms with Crippen LogP contribution in [0.4, 0.5) is 0 Å². The third-order valence-corrected chi connectivity index (χ3v) is 5.52. The minimum absolute atomic E-state index is 0.0521. The quantitative estimate of drug-likeness (QED) is 0.539. The number of rotatable bonds is 7. The van der Waals surface area contributed by atoms with Crippen molar-refractivity contribution in [1.82, 2.24) is 14.9 Å². The number of benzene rings is 2. The fraction of sp³-hybridized carbons (Fsp3) is 0.200. The molecule has 2 aromatic carbocycles. The van der Waals surface area contributed by atoms with Crippen LogP contribution in [0.25, 0.3) is 5.69 Å². The molecule has 1 atom stereocenters. The molecule has 0 bridgehead atoms. The van der Waals surface area contributed by atoms with Gasteiger partial charge in [0.2, 0.25) is 5.91 Å². The van der Waals surface area contributed by atoms with Crippen molar-refractivity contribution < 1.29 is 9.53 Å². The van der Waals surface area contributed by atoms with Crippen LogP contribution in [0.3, 0.4) is 0 Å². The van der Waals surface area contributed by atoms with Gasteiger partial charge in [-0.3, -0.25) is 9.36 Å². The van der Waals surface area contributed by atoms with Gasteiger partial charge in [-0.1, -0.05) is 45.9 Å². The highest BCUT2D eigenvalue weighted by molar-refractivity contribution is 9.10. The summed E-state index contributed by atoms with van der Waals surface area (Å²) in [6, 6.07) is 15.5. The minimum Gasteiger partial charge on any atom is -0.496 e. The lowest BCUT2D eigenvalue weighted by Gasteiger charge is -2.17. The normalized spacial score (nSPS) is 11.8. The van der Waals surface area contributed by atoms with Gasteiger partial charge in [-0.2, -0.15) is 0 Å². The maximum absolute atomic E-state index is 12.4. The molecule has 0 fully saturated rings. The molecule has 1 N–H and O–H groups in total. The SMILES string of the molecule is COc1ccccc1C(C)NC(=O)CSc1nccn1-c1ccc(Br)cc1. The van der Waals surface area contributed by atoms with Crippen LogP contribution < -0.4 is 10.1 Å². The molecule has 1 aromatic heterocycles. The van der Waals surface area contributed by atoms with Crippen molar-refractivity contribution in [2.75, 3.05) is 12.9 Å². The summed E-state index contributed by atoms with van der Waals surface area (Å²) in [6.07, 6.45) is 3.63. The molecular weight excluding hydrogens is 426 g/mol. The van der Waals surface area contributed by atoms with E-state index in [-0.39, 0.29) is 17.7 Å². The summed E-state index contributed by atoms with van der Waals surface area (Å²) >= 11 is 4.84. The molecule has 0 saturated heterocycles. The van der Waals surface area contributed by atoms with Crippen molar-refractivity contribution >= 4 is 33.6 Å². The number of carbonyl (C=O) groups excluding carboxylic acids is 1. The molecule has 0 aliphatic rings. The van der Waals surface area contributed by atoms with Crippen LogP contribution >= 0.6 is 27.7 Å². The highest BCUT2D eigenvalue weighted by Gasteiger charge is 2.15. The Hall–Kier alpha value is -2.25. The number of imidazole rings is 1. The molecular formula is C20H20BrN3O2S. The molecule has 140 valence electrons. The first kappa shape index (κ1) is 19.5. The molecule has 0 aliphatic carbocycles. The van der Waals surface area contributed by atoms with Crippen LogP contribution in [0, 0.1) is 0 Å². The summed E-state index contributed by atoms with van der Waals surface area (Å²) in [4.78, 5) is 16.8. The van der Waals surface area contributed by atoms with Gasteiger partial charge in [0, 0.05) is 28.1 Å². The Balaban J connectivity index is 1.62. The summed E-state index contributed by atoms with van der Waals surface area (Å²) in [5.41, 5.74) is 1.95. The van der Waals surface area contributed by atoms with E-state index in [1.54, 1.807) is 13.3 Å². The highest BCUT2D eigenvalue weighted by atomic mass is 79.9. The Kier molecular flexibility index (Phi) is 6.58. The predicted octanol–water partition coefficient (Wildman–Crippen LogP) is 4.61. The lowest BCUT2D eigenvalue weighted by molar-refractivity contribution is -0.119. The number of carbonyl (C=O) groups is 1. The van der Waals surface area contributed by atoms with Gasteiger partial charge in [-0.25, -0.2) is 4.98 Å². The molecule has 1 heterocycles. The highest BCUT2D eigenvalue weighted by Crippen LogP contribution is 2.25. The lowest BCUT2D eigenvalue weighted by Crippen LogP contribution is -2.28. The number of amides is 1. The first-order valence-electron chi connectivity index (χ1n) is 8.43. The van der Waals surface area contributed by atoms with E-state index in [4.69, 9.17) is 4.74 Å². The van der Waals surface area contributed by atoms with Gasteiger partial charge in [0.25, 0.3) is 0 Å². The second kappa shape index (κ2) is 9.10. The van der Waals surface area contributed by atoms with E-state index in [9.17, 15) is 4.79 Å². The second-order valence-electron chi connectivity index (χ2n) is 5.88. The summed E-state index contributed by atoms with van der Waals surface area (Å²) in [5, 5.41) is 3.79. The van der Waals surface area contributed by atoms with Gasteiger partial charge in [0.1, 0.15) is 5.75 Å². The maximum atomic E-state index is 12.4. The Morgan fingerprint density at radius 3 is 2.74 bits per heavy atom. The van der Waals surface area contributed by atoms with E-state index < -0.39 is 0 Å². The van der Waals surface area contributed by atoms with Gasteiger partial charge in [-0.15, -0.1) is 0 Å². The van der Waals surface area contributed by atoms with Gasteiger partial charge >= 0.3 is 0 Å². The summed E-state index contributed by atoms with van der Waals surface area (Å²) < 4.78 is 8.35. The van der Waals surface area contributed by atoms with Crippen molar-refractivity contribution in [2.24, 2.45) is 0 Å². The average Bonchev–Trinajstić information content (AvgIpc) is 3.15. The van der Waals surface area contributed by atoms with Crippen molar-refractivity contribution in [3.63, 3.8) is 0 Å². The van der Waals surface area contributed by atoms with E-state index in [0.717, 1.165) is 26.6 Å². The van der Waals surface area contributed by atoms with Crippen LogP contribution in [-0.2, 0) is 4.79 Å². The Morgan fingerprint density at radius 1 is 1.26 bits per heavy atom. The van der Waals surface area contributed by atoms with Gasteiger partial charge in [0.15, 0.2) is 5.16 Å². The number of ether oxygens (including phenoxy) is 1. The van der Waals surface area contributed by atoms with E-state index in [1.165, 1.54) is 11.8 Å². The molecule has 27 heavy (non-hydrogen) atoms. The summed E-state index contributed by atoms with van der Waals surface area (Å²) in [7, 11) is 1.63. The monoisotopic (exact) mass is 445 g/mol. The second-order valence-corrected chi connectivity index (χ2v) is 7.73. The van der Waals surface area contributed by atoms with Gasteiger partial charge in [0.05, 0.1) is 18.9 Å². The van der Waals surface area contributed by atoms with E-state index >= 15 is 0 Å². The fourth-order valence-electron chi connectivity index (χ4n) is 2.71. The summed E-state index contributed by atoms with van der Waals surface area (Å²) in [5.74, 6) is 1.00. The molecule has 1 amide bonds. The maximum Gasteiger partial charge on any atom is 0.230 e. The Morgan fingerprint density at radius 2 is 2.00 bits per heavy atom. The van der Waals surface area contributed by atoms with Crippen LogP contribution in [0.15, 0.2) is 70.6 Å². The smallest absolute Gasteiger partial charge is 0.230 e. The van der Waals surface area contributed by atoms with Gasteiger partial charge < -0.3 is 10.1 Å². The number of para-hydroxylation sites is 1. The number of thioether (sulfide) groups is 1. The molecule has 1 unspecified atom stereocenters. The number of nitrogens with zero attached hydrogens (tertiary/aromatic N) is 2. The first-order chi connectivity index (χ1) is 13.1. The Labute approximate surface area is 171 Å². The number of nitrogens with one attached hydrogen (secondary N) is 1. The third kappa shape index (κ3) is 4.93. The van der Waals surface area contributed by atoms with Crippen molar-refractivity contribution in [3.8, 4) is 11.4 Å². The minimum atomic E-state index is -0.138. The molecule has 0 saturated carbocycles. The van der Waals surface area contributed by atoms with Crippen LogP contribution in [0.2, 0.25) is 0 Å². The molecule has 7 heteroatoms.